The Kier molecular flexibility index (Phi) is 9.90. The van der Waals surface area contributed by atoms with Crippen LogP contribution in [0.15, 0.2) is 21.5 Å². The number of halogens is 2. The topological polar surface area (TPSA) is 3.24 Å². The Morgan fingerprint density at radius 3 is 2.36 bits per heavy atom. The fraction of sp³-hybridized carbons (Fsp3) is 0.429. The van der Waals surface area contributed by atoms with Gasteiger partial charge < -0.3 is 24.8 Å². The second-order valence-corrected chi connectivity index (χ2v) is 6.66. The average Bonchev–Trinajstić information content (AvgIpc) is 2.15. The van der Waals surface area contributed by atoms with Gasteiger partial charge in [0.1, 0.15) is 0 Å². The van der Waals surface area contributed by atoms with E-state index in [4.69, 9.17) is 0 Å². The van der Waals surface area contributed by atoms with Crippen molar-refractivity contribution in [3.05, 3.63) is 21.5 Å². The van der Waals surface area contributed by atoms with Gasteiger partial charge in [0.25, 0.3) is 0 Å². The molecule has 1 nitrogen and oxygen atoms in total. The normalized spacial score (nSPS) is 13.2. The molecular formula is C7H11Cl2NZr. The molecule has 11 heavy (non-hydrogen) atoms. The van der Waals surface area contributed by atoms with Gasteiger partial charge in [-0.05, 0) is 0 Å². The zero-order chi connectivity index (χ0) is 6.69. The first-order chi connectivity index (χ1) is 4.29. The van der Waals surface area contributed by atoms with E-state index < -0.39 is 0 Å². The molecule has 0 aromatic carbocycles. The van der Waals surface area contributed by atoms with E-state index in [1.54, 1.807) is 3.28 Å². The first-order valence-electron chi connectivity index (χ1n) is 3.09. The molecular weight excluding hydrogens is 260 g/mol. The van der Waals surface area contributed by atoms with Crippen LogP contribution in [0.1, 0.15) is 6.42 Å². The first-order valence-corrected chi connectivity index (χ1v) is 5.41. The molecule has 1 aliphatic rings. The standard InChI is InChI=1S/C5H5.C2H6N.2ClH.Zr/c1-2-4-5-3-1;1-3-2;;;/h1-3H,4H2;1-2H3;2*1H;/q;-1;;;+3/p-2. The van der Waals surface area contributed by atoms with E-state index in [0.29, 0.717) is 0 Å². The summed E-state index contributed by atoms with van der Waals surface area (Å²) in [5.74, 6) is 0. The van der Waals surface area contributed by atoms with Gasteiger partial charge >= 0.3 is 68.4 Å². The molecule has 1 aliphatic carbocycles. The van der Waals surface area contributed by atoms with E-state index >= 15 is 0 Å². The minimum Gasteiger partial charge on any atom is -1.00 e. The summed E-state index contributed by atoms with van der Waals surface area (Å²) in [7, 11) is 4.34. The molecule has 0 bridgehead atoms. The fourth-order valence-electron chi connectivity index (χ4n) is 0.817. The van der Waals surface area contributed by atoms with E-state index in [0.717, 1.165) is 0 Å². The van der Waals surface area contributed by atoms with Crippen LogP contribution in [0.2, 0.25) is 0 Å². The summed E-state index contributed by atoms with van der Waals surface area (Å²) < 4.78 is 4.05. The molecule has 0 spiro atoms. The average molecular weight is 271 g/mol. The maximum atomic E-state index is 2.36. The van der Waals surface area contributed by atoms with Crippen LogP contribution in [0.5, 0.6) is 0 Å². The molecule has 0 aromatic rings. The molecule has 0 heterocycles. The van der Waals surface area contributed by atoms with Gasteiger partial charge in [0, 0.05) is 0 Å². The minimum atomic E-state index is -0.303. The van der Waals surface area contributed by atoms with Crippen molar-refractivity contribution in [1.82, 2.24) is 2.84 Å². The zero-order valence-electron chi connectivity index (χ0n) is 6.64. The van der Waals surface area contributed by atoms with Crippen molar-refractivity contribution < 1.29 is 48.3 Å². The predicted octanol–water partition coefficient (Wildman–Crippen LogP) is -4.60. The van der Waals surface area contributed by atoms with Crippen molar-refractivity contribution in [2.75, 3.05) is 14.1 Å². The molecule has 0 fully saturated rings. The third-order valence-electron chi connectivity index (χ3n) is 1.14. The smallest absolute Gasteiger partial charge is 1.00 e. The number of hydrogen-bond acceptors (Lipinski definition) is 1. The summed E-state index contributed by atoms with van der Waals surface area (Å²) in [6.07, 6.45) is 7.90. The number of rotatable bonds is 2. The maximum absolute atomic E-state index is 2.36. The van der Waals surface area contributed by atoms with Crippen molar-refractivity contribution in [3.8, 4) is 0 Å². The van der Waals surface area contributed by atoms with Crippen molar-refractivity contribution in [2.45, 2.75) is 6.42 Å². The van der Waals surface area contributed by atoms with Gasteiger partial charge in [-0.25, -0.2) is 0 Å². The Morgan fingerprint density at radius 2 is 2.00 bits per heavy atom. The molecule has 0 aliphatic heterocycles. The van der Waals surface area contributed by atoms with Gasteiger partial charge in [0.05, 0.1) is 0 Å². The van der Waals surface area contributed by atoms with E-state index in [2.05, 4.69) is 35.2 Å². The van der Waals surface area contributed by atoms with Crippen LogP contribution < -0.4 is 24.8 Å². The summed E-state index contributed by atoms with van der Waals surface area (Å²) in [4.78, 5) is 0. The van der Waals surface area contributed by atoms with E-state index in [-0.39, 0.29) is 48.3 Å². The summed E-state index contributed by atoms with van der Waals surface area (Å²) in [5, 5.41) is 0. The van der Waals surface area contributed by atoms with Gasteiger partial charge in [-0.1, -0.05) is 0 Å². The third-order valence-corrected chi connectivity index (χ3v) is 3.86. The van der Waals surface area contributed by atoms with E-state index in [1.165, 1.54) is 6.42 Å². The molecule has 0 saturated heterocycles. The van der Waals surface area contributed by atoms with Crippen LogP contribution in [0.3, 0.4) is 0 Å². The zero-order valence-corrected chi connectivity index (χ0v) is 10.6. The quantitative estimate of drug-likeness (QED) is 0.489. The second kappa shape index (κ2) is 7.55. The summed E-state index contributed by atoms with van der Waals surface area (Å²) in [6, 6.07) is 0. The third kappa shape index (κ3) is 6.10. The Labute approximate surface area is 92.7 Å². The van der Waals surface area contributed by atoms with Gasteiger partial charge in [0.2, 0.25) is 0 Å². The Balaban J connectivity index is 0. The monoisotopic (exact) mass is 269 g/mol. The van der Waals surface area contributed by atoms with Gasteiger partial charge in [-0.15, -0.1) is 0 Å². The molecule has 0 radical (unpaired) electrons. The molecule has 62 valence electrons. The number of allylic oxidation sites excluding steroid dienone is 4. The minimum absolute atomic E-state index is 0. The number of hydrogen-bond donors (Lipinski definition) is 0. The van der Waals surface area contributed by atoms with Gasteiger partial charge in [-0.2, -0.15) is 0 Å². The van der Waals surface area contributed by atoms with Crippen LogP contribution in [0.25, 0.3) is 0 Å². The van der Waals surface area contributed by atoms with E-state index in [1.807, 2.05) is 0 Å². The maximum Gasteiger partial charge on any atom is -1.00 e. The Hall–Kier alpha value is 0.903. The summed E-state index contributed by atoms with van der Waals surface area (Å²) in [5.41, 5.74) is 0. The van der Waals surface area contributed by atoms with Crippen molar-refractivity contribution >= 4 is 0 Å². The van der Waals surface area contributed by atoms with Crippen LogP contribution >= 0.6 is 0 Å². The van der Waals surface area contributed by atoms with Crippen LogP contribution in [0.4, 0.5) is 0 Å². The fourth-order valence-corrected chi connectivity index (χ4v) is 3.16. The number of nitrogens with zero attached hydrogens (tertiary/aromatic N) is 1. The van der Waals surface area contributed by atoms with Crippen molar-refractivity contribution in [2.24, 2.45) is 0 Å². The van der Waals surface area contributed by atoms with Gasteiger partial charge in [-0.3, -0.25) is 0 Å². The molecule has 0 amide bonds. The molecule has 1 rings (SSSR count). The predicted molar refractivity (Wildman–Crippen MR) is 35.5 cm³/mol. The van der Waals surface area contributed by atoms with Crippen LogP contribution in [-0.2, 0) is 23.5 Å². The molecule has 4 heteroatoms. The Morgan fingerprint density at radius 1 is 1.36 bits per heavy atom. The molecule has 0 N–H and O–H groups in total. The van der Waals surface area contributed by atoms with E-state index in [9.17, 15) is 0 Å². The largest absolute Gasteiger partial charge is 1.00 e. The summed E-state index contributed by atoms with van der Waals surface area (Å²) in [6.45, 7) is 0. The summed E-state index contributed by atoms with van der Waals surface area (Å²) >= 11 is -0.303. The van der Waals surface area contributed by atoms with Crippen molar-refractivity contribution in [3.63, 3.8) is 0 Å². The second-order valence-electron chi connectivity index (χ2n) is 2.33. The Bertz CT molecular complexity index is 155. The molecule has 0 unspecified atom stereocenters. The first kappa shape index (κ1) is 14.4. The van der Waals surface area contributed by atoms with Crippen LogP contribution in [-0.4, -0.2) is 16.9 Å². The van der Waals surface area contributed by atoms with Crippen LogP contribution in [0, 0.1) is 0 Å². The molecule has 0 atom stereocenters. The SMILES string of the molecule is C[N](C)[Zr+2][C]1=CC=CC1.[Cl-].[Cl-]. The molecule has 0 saturated carbocycles. The van der Waals surface area contributed by atoms with Gasteiger partial charge in [0.15, 0.2) is 0 Å². The van der Waals surface area contributed by atoms with Crippen molar-refractivity contribution in [1.29, 1.82) is 0 Å². The molecule has 0 aromatic heterocycles.